The summed E-state index contributed by atoms with van der Waals surface area (Å²) in [6.45, 7) is 10.8. The maximum atomic E-state index is 13.7. The van der Waals surface area contributed by atoms with Crippen LogP contribution in [-0.2, 0) is 29.0 Å². The van der Waals surface area contributed by atoms with Gasteiger partial charge in [0.15, 0.2) is 0 Å². The van der Waals surface area contributed by atoms with E-state index in [2.05, 4.69) is 23.3 Å². The summed E-state index contributed by atoms with van der Waals surface area (Å²) in [6, 6.07) is 5.74. The summed E-state index contributed by atoms with van der Waals surface area (Å²) < 4.78 is 0. The Morgan fingerprint density at radius 2 is 2.05 bits per heavy atom. The molecule has 43 heavy (non-hydrogen) atoms. The van der Waals surface area contributed by atoms with Crippen LogP contribution in [0.3, 0.4) is 0 Å². The van der Waals surface area contributed by atoms with Gasteiger partial charge in [0.2, 0.25) is 0 Å². The number of thiophene rings is 2. The molecule has 0 saturated carbocycles. The minimum absolute atomic E-state index is 0.0936. The second-order valence-electron chi connectivity index (χ2n) is 10.2. The zero-order valence-corrected chi connectivity index (χ0v) is 26.5. The van der Waals surface area contributed by atoms with Gasteiger partial charge in [0.1, 0.15) is 0 Å². The molecule has 1 atom stereocenters. The number of amides is 3. The predicted octanol–water partition coefficient (Wildman–Crippen LogP) is 5.96. The average Bonchev–Trinajstić information content (AvgIpc) is 3.65. The molecule has 1 aliphatic rings. The maximum absolute atomic E-state index is 13.7. The Labute approximate surface area is 262 Å². The number of nitrogens with zero attached hydrogens (tertiary/aromatic N) is 1. The monoisotopic (exact) mass is 616 g/mol. The molecule has 0 saturated heterocycles. The van der Waals surface area contributed by atoms with Gasteiger partial charge in [0, 0.05) is 46.7 Å². The van der Waals surface area contributed by atoms with E-state index >= 15 is 0 Å². The van der Waals surface area contributed by atoms with Crippen LogP contribution >= 0.6 is 22.7 Å². The number of fused-ring (bicyclic) bond motifs is 1. The summed E-state index contributed by atoms with van der Waals surface area (Å²) in [4.78, 5) is 43.6. The van der Waals surface area contributed by atoms with Crippen molar-refractivity contribution in [3.63, 3.8) is 0 Å². The smallest absolute Gasteiger partial charge is 0.261 e. The van der Waals surface area contributed by atoms with Crippen molar-refractivity contribution in [2.75, 3.05) is 6.54 Å². The van der Waals surface area contributed by atoms with Gasteiger partial charge in [0.05, 0.1) is 17.0 Å². The molecule has 0 radical (unpaired) electrons. The first-order valence-electron chi connectivity index (χ1n) is 14.2. The van der Waals surface area contributed by atoms with Gasteiger partial charge in [-0.2, -0.15) is 0 Å². The van der Waals surface area contributed by atoms with E-state index in [0.29, 0.717) is 42.0 Å². The molecule has 3 amide bonds. The summed E-state index contributed by atoms with van der Waals surface area (Å²) in [5.74, 6) is -0.338. The number of hydrogen-bond donors (Lipinski definition) is 3. The Balaban J connectivity index is 1.73. The lowest BCUT2D eigenvalue weighted by Gasteiger charge is -2.28. The number of nitrogens with two attached hydrogens (primary N) is 1. The van der Waals surface area contributed by atoms with E-state index in [1.54, 1.807) is 34.5 Å². The van der Waals surface area contributed by atoms with Crippen molar-refractivity contribution < 1.29 is 14.4 Å². The number of carbonyl (C=O) groups is 3. The minimum Gasteiger partial charge on any atom is -0.404 e. The van der Waals surface area contributed by atoms with Gasteiger partial charge in [-0.1, -0.05) is 69.0 Å². The molecule has 2 aromatic heterocycles. The van der Waals surface area contributed by atoms with Crippen LogP contribution in [0.4, 0.5) is 0 Å². The zero-order valence-electron chi connectivity index (χ0n) is 24.9. The van der Waals surface area contributed by atoms with Crippen molar-refractivity contribution in [2.24, 2.45) is 11.7 Å². The van der Waals surface area contributed by atoms with Gasteiger partial charge >= 0.3 is 0 Å². The minimum atomic E-state index is -0.347. The van der Waals surface area contributed by atoms with E-state index < -0.39 is 0 Å². The largest absolute Gasteiger partial charge is 0.404 e. The molecule has 3 rings (SSSR count). The Morgan fingerprint density at radius 3 is 2.74 bits per heavy atom. The summed E-state index contributed by atoms with van der Waals surface area (Å²) in [5.41, 5.74) is 7.40. The molecule has 3 heterocycles. The molecule has 9 heteroatoms. The van der Waals surface area contributed by atoms with Crippen molar-refractivity contribution in [2.45, 2.75) is 46.2 Å². The van der Waals surface area contributed by atoms with Crippen molar-refractivity contribution in [1.29, 1.82) is 0 Å². The molecular formula is C34H40N4O3S2. The Kier molecular flexibility index (Phi) is 13.2. The normalized spacial score (nSPS) is 17.9. The summed E-state index contributed by atoms with van der Waals surface area (Å²) in [7, 11) is 0. The van der Waals surface area contributed by atoms with Crippen LogP contribution in [0, 0.1) is 5.92 Å². The van der Waals surface area contributed by atoms with Gasteiger partial charge in [0.25, 0.3) is 17.7 Å². The fourth-order valence-electron chi connectivity index (χ4n) is 4.20. The van der Waals surface area contributed by atoms with Crippen molar-refractivity contribution in [3.8, 4) is 0 Å². The Bertz CT molecular complexity index is 1460. The maximum Gasteiger partial charge on any atom is 0.261 e. The van der Waals surface area contributed by atoms with Crippen LogP contribution < -0.4 is 16.4 Å². The number of rotatable bonds is 10. The molecule has 2 aromatic rings. The zero-order chi connectivity index (χ0) is 31.2. The molecule has 4 N–H and O–H groups in total. The lowest BCUT2D eigenvalue weighted by Crippen LogP contribution is -2.39. The summed E-state index contributed by atoms with van der Waals surface area (Å²) in [6.07, 6.45) is 20.3. The van der Waals surface area contributed by atoms with Gasteiger partial charge in [-0.25, -0.2) is 0 Å². The molecule has 0 aromatic carbocycles. The first-order valence-corrected chi connectivity index (χ1v) is 15.9. The van der Waals surface area contributed by atoms with Gasteiger partial charge in [-0.05, 0) is 54.5 Å². The Morgan fingerprint density at radius 1 is 1.23 bits per heavy atom. The van der Waals surface area contributed by atoms with Gasteiger partial charge in [-0.15, -0.1) is 22.7 Å². The van der Waals surface area contributed by atoms with Gasteiger partial charge in [-0.3, -0.25) is 14.4 Å². The first-order chi connectivity index (χ1) is 20.7. The standard InChI is InChI=1S/C34H40N4O3S2/c1-5-26(12-9-18-36-32(39)28(22-35)16-15-24(2)3)34(41)38-19-17-27-21-31(33(40)37-23-29-13-10-20-42-29)43-30(27)14-8-6-7-11-25(38)4/h5-13,15-16,18,20-22,24-25H,1,14,17,19,23,35H2,2-4H3,(H,36,39)(H,37,40)/b8-6-,11-7-,16-15-,18-9+,26-12+,28-22+. The van der Waals surface area contributed by atoms with Crippen LogP contribution in [0.5, 0.6) is 0 Å². The highest BCUT2D eigenvalue weighted by molar-refractivity contribution is 7.14. The van der Waals surface area contributed by atoms with Crippen LogP contribution in [0.2, 0.25) is 0 Å². The van der Waals surface area contributed by atoms with E-state index in [-0.39, 0.29) is 29.7 Å². The molecule has 7 nitrogen and oxygen atoms in total. The van der Waals surface area contributed by atoms with E-state index in [1.807, 2.05) is 68.7 Å². The summed E-state index contributed by atoms with van der Waals surface area (Å²) in [5, 5.41) is 7.67. The highest BCUT2D eigenvalue weighted by Crippen LogP contribution is 2.26. The van der Waals surface area contributed by atoms with Crippen LogP contribution in [0.25, 0.3) is 0 Å². The lowest BCUT2D eigenvalue weighted by molar-refractivity contribution is -0.127. The lowest BCUT2D eigenvalue weighted by atomic mass is 10.1. The van der Waals surface area contributed by atoms with E-state index in [4.69, 9.17) is 5.73 Å². The molecule has 226 valence electrons. The fraction of sp³-hybridized carbons (Fsp3) is 0.265. The third-order valence-corrected chi connectivity index (χ3v) is 8.67. The van der Waals surface area contributed by atoms with E-state index in [1.165, 1.54) is 29.8 Å². The van der Waals surface area contributed by atoms with Crippen molar-refractivity contribution >= 4 is 40.4 Å². The van der Waals surface area contributed by atoms with Crippen LogP contribution in [-0.4, -0.2) is 35.2 Å². The molecule has 0 bridgehead atoms. The van der Waals surface area contributed by atoms with Gasteiger partial charge < -0.3 is 21.3 Å². The van der Waals surface area contributed by atoms with E-state index in [9.17, 15) is 14.4 Å². The third kappa shape index (κ3) is 10.2. The van der Waals surface area contributed by atoms with E-state index in [0.717, 1.165) is 15.3 Å². The molecule has 1 unspecified atom stereocenters. The predicted molar refractivity (Wildman–Crippen MR) is 178 cm³/mol. The first kappa shape index (κ1) is 33.3. The van der Waals surface area contributed by atoms with Crippen molar-refractivity contribution in [1.82, 2.24) is 15.5 Å². The number of allylic oxidation sites excluding steroid dienone is 6. The number of nitrogens with one attached hydrogen (secondary N) is 2. The van der Waals surface area contributed by atoms with Crippen LogP contribution in [0.1, 0.15) is 45.8 Å². The fourth-order valence-corrected chi connectivity index (χ4v) is 5.95. The quantitative estimate of drug-likeness (QED) is 0.226. The highest BCUT2D eigenvalue weighted by Gasteiger charge is 2.22. The average molecular weight is 617 g/mol. The molecular weight excluding hydrogens is 577 g/mol. The van der Waals surface area contributed by atoms with Crippen molar-refractivity contribution in [3.05, 3.63) is 129 Å². The molecule has 0 aliphatic carbocycles. The Hall–Kier alpha value is -4.21. The molecule has 0 spiro atoms. The molecule has 0 fully saturated rings. The topological polar surface area (TPSA) is 105 Å². The summed E-state index contributed by atoms with van der Waals surface area (Å²) >= 11 is 3.11. The third-order valence-electron chi connectivity index (χ3n) is 6.59. The SMILES string of the molecule is C=C/C(=C\C=C\NC(=O)C(/C=C\C(C)C)=C/N)C(=O)N1CCc2cc(C(=O)NCc3cccs3)sc2C/C=C\C=C/C1C. The second-order valence-corrected chi connectivity index (χ2v) is 12.4. The highest BCUT2D eigenvalue weighted by atomic mass is 32.1. The molecule has 1 aliphatic heterocycles. The number of hydrogen-bond acceptors (Lipinski definition) is 6. The number of carbonyl (C=O) groups excluding carboxylic acids is 3. The van der Waals surface area contributed by atoms with Crippen LogP contribution in [0.15, 0.2) is 108 Å². The second kappa shape index (κ2) is 17.0.